The van der Waals surface area contributed by atoms with E-state index in [9.17, 15) is 20.2 Å². The Bertz CT molecular complexity index is 2190. The first-order valence-corrected chi connectivity index (χ1v) is 22.3. The van der Waals surface area contributed by atoms with Crippen LogP contribution in [-0.2, 0) is 12.8 Å². The van der Waals surface area contributed by atoms with Gasteiger partial charge in [-0.25, -0.2) is 8.78 Å². The SMILES string of the molecule is CCCCC(CC)CCc1ccc(-c2ccc(-c3c([N+](=O)[O-])c([N+](=O)[O-])c(-c4ccc(-c5ccc(CCC(CC)CCCC)cc5F)s4)c4nsnc34)s2)c(F)c1. The standard InChI is InChI=1S/C44H48F2N4O4S3/c1-5-9-11-27(7-3)13-15-29-17-19-31(33(45)25-29)35-21-23-37(55-35)39-41-42(48-57-47-41)40(44(50(53)54)43(39)49(51)52)38-24-22-36(56-38)32-20-18-30(26-34(32)46)16-14-28(8-4)12-10-6-2/h17-28H,5-16H2,1-4H3. The van der Waals surface area contributed by atoms with Crippen LogP contribution in [0, 0.1) is 43.7 Å². The topological polar surface area (TPSA) is 112 Å². The van der Waals surface area contributed by atoms with Crippen LogP contribution in [0.25, 0.3) is 52.8 Å². The Kier molecular flexibility index (Phi) is 14.3. The molecule has 8 nitrogen and oxygen atoms in total. The first kappa shape index (κ1) is 42.2. The largest absolute Gasteiger partial charge is 0.357 e. The molecule has 57 heavy (non-hydrogen) atoms. The summed E-state index contributed by atoms with van der Waals surface area (Å²) in [5, 5.41) is 25.7. The van der Waals surface area contributed by atoms with Crippen LogP contribution >= 0.6 is 34.4 Å². The molecule has 3 aromatic heterocycles. The lowest BCUT2D eigenvalue weighted by molar-refractivity contribution is -0.421. The van der Waals surface area contributed by atoms with Gasteiger partial charge >= 0.3 is 11.4 Å². The van der Waals surface area contributed by atoms with E-state index in [1.165, 1.54) is 25.7 Å². The van der Waals surface area contributed by atoms with Crippen LogP contribution in [0.2, 0.25) is 0 Å². The van der Waals surface area contributed by atoms with Crippen molar-refractivity contribution in [1.29, 1.82) is 0 Å². The fourth-order valence-electron chi connectivity index (χ4n) is 7.69. The van der Waals surface area contributed by atoms with Gasteiger partial charge < -0.3 is 0 Å². The van der Waals surface area contributed by atoms with E-state index < -0.39 is 32.9 Å². The van der Waals surface area contributed by atoms with Crippen LogP contribution in [0.4, 0.5) is 20.2 Å². The third-order valence-electron chi connectivity index (χ3n) is 11.1. The number of aryl methyl sites for hydroxylation is 2. The molecule has 0 spiro atoms. The van der Waals surface area contributed by atoms with Crippen molar-refractivity contribution in [3.05, 3.63) is 104 Å². The summed E-state index contributed by atoms with van der Waals surface area (Å²) in [6, 6.07) is 17.0. The lowest BCUT2D eigenvalue weighted by Gasteiger charge is -2.14. The lowest BCUT2D eigenvalue weighted by Crippen LogP contribution is -2.02. The minimum atomic E-state index is -0.757. The van der Waals surface area contributed by atoms with Gasteiger partial charge in [-0.15, -0.1) is 22.7 Å². The molecule has 300 valence electrons. The Hall–Kier alpha value is -4.46. The normalized spacial score (nSPS) is 12.7. The maximum atomic E-state index is 15.6. The van der Waals surface area contributed by atoms with Crippen LogP contribution in [0.3, 0.4) is 0 Å². The molecule has 0 aliphatic rings. The molecule has 13 heteroatoms. The highest BCUT2D eigenvalue weighted by atomic mass is 32.1. The molecule has 3 aromatic carbocycles. The highest BCUT2D eigenvalue weighted by Gasteiger charge is 2.40. The van der Waals surface area contributed by atoms with Gasteiger partial charge in [-0.05, 0) is 85.0 Å². The summed E-state index contributed by atoms with van der Waals surface area (Å²) >= 11 is 3.01. The second-order valence-corrected chi connectivity index (χ2v) is 17.5. The van der Waals surface area contributed by atoms with E-state index in [4.69, 9.17) is 0 Å². The molecule has 0 radical (unpaired) electrons. The minimum absolute atomic E-state index is 0.0383. The van der Waals surface area contributed by atoms with Crippen LogP contribution in [-0.4, -0.2) is 18.6 Å². The monoisotopic (exact) mass is 830 g/mol. The molecule has 2 atom stereocenters. The van der Waals surface area contributed by atoms with E-state index in [2.05, 4.69) is 36.4 Å². The third kappa shape index (κ3) is 9.48. The number of hydrogen-bond acceptors (Lipinski definition) is 9. The Labute approximate surface area is 344 Å². The average molecular weight is 831 g/mol. The molecule has 2 unspecified atom stereocenters. The first-order valence-electron chi connectivity index (χ1n) is 20.0. The van der Waals surface area contributed by atoms with Gasteiger partial charge in [0, 0.05) is 30.6 Å². The molecule has 0 saturated carbocycles. The van der Waals surface area contributed by atoms with Crippen molar-refractivity contribution in [3.63, 3.8) is 0 Å². The molecule has 0 aliphatic carbocycles. The highest BCUT2D eigenvalue weighted by molar-refractivity contribution is 7.19. The number of benzene rings is 3. The predicted molar refractivity (Wildman–Crippen MR) is 231 cm³/mol. The Balaban J connectivity index is 1.33. The quantitative estimate of drug-likeness (QED) is 0.0559. The van der Waals surface area contributed by atoms with Gasteiger partial charge in [-0.3, -0.25) is 20.2 Å². The van der Waals surface area contributed by atoms with Gasteiger partial charge in [0.05, 0.1) is 21.6 Å². The van der Waals surface area contributed by atoms with E-state index in [1.54, 1.807) is 48.5 Å². The summed E-state index contributed by atoms with van der Waals surface area (Å²) in [5.74, 6) is 0.403. The number of nitro benzene ring substituents is 2. The predicted octanol–water partition coefficient (Wildman–Crippen LogP) is 14.9. The van der Waals surface area contributed by atoms with Crippen LogP contribution in [0.1, 0.15) is 103 Å². The van der Waals surface area contributed by atoms with Crippen molar-refractivity contribution in [2.24, 2.45) is 11.8 Å². The zero-order valence-electron chi connectivity index (χ0n) is 32.8. The Morgan fingerprint density at radius 2 is 1.00 bits per heavy atom. The van der Waals surface area contributed by atoms with Gasteiger partial charge in [-0.2, -0.15) is 8.75 Å². The maximum Gasteiger partial charge on any atom is 0.357 e. The average Bonchev–Trinajstić information content (AvgIpc) is 3.99. The molecule has 0 saturated heterocycles. The number of unbranched alkanes of at least 4 members (excludes halogenated alkanes) is 2. The summed E-state index contributed by atoms with van der Waals surface area (Å²) in [4.78, 5) is 25.9. The number of halogens is 2. The molecule has 0 aliphatic heterocycles. The van der Waals surface area contributed by atoms with Crippen LogP contribution in [0.15, 0.2) is 60.7 Å². The van der Waals surface area contributed by atoms with Gasteiger partial charge in [0.15, 0.2) is 0 Å². The number of nitro groups is 2. The van der Waals surface area contributed by atoms with Crippen molar-refractivity contribution in [3.8, 4) is 41.8 Å². The zero-order valence-corrected chi connectivity index (χ0v) is 35.3. The fourth-order valence-corrected chi connectivity index (χ4v) is 10.4. The summed E-state index contributed by atoms with van der Waals surface area (Å²) in [6.07, 6.45) is 12.7. The zero-order chi connectivity index (χ0) is 40.6. The van der Waals surface area contributed by atoms with E-state index in [-0.39, 0.29) is 22.2 Å². The van der Waals surface area contributed by atoms with Crippen molar-refractivity contribution in [2.75, 3.05) is 0 Å². The highest BCUT2D eigenvalue weighted by Crippen LogP contribution is 2.53. The summed E-state index contributed by atoms with van der Waals surface area (Å²) < 4.78 is 40.1. The molecule has 0 fully saturated rings. The number of fused-ring (bicyclic) bond motifs is 1. The smallest absolute Gasteiger partial charge is 0.258 e. The van der Waals surface area contributed by atoms with E-state index in [0.29, 0.717) is 42.5 Å². The van der Waals surface area contributed by atoms with Crippen molar-refractivity contribution in [1.82, 2.24) is 8.75 Å². The molecule has 6 aromatic rings. The summed E-state index contributed by atoms with van der Waals surface area (Å²) in [7, 11) is 0. The second kappa shape index (κ2) is 19.3. The minimum Gasteiger partial charge on any atom is -0.258 e. The molecule has 0 bridgehead atoms. The molecular formula is C44H48F2N4O4S3. The van der Waals surface area contributed by atoms with E-state index in [1.807, 2.05) is 12.1 Å². The maximum absolute atomic E-state index is 15.6. The second-order valence-electron chi connectivity index (χ2n) is 14.8. The number of nitrogens with zero attached hydrogens (tertiary/aromatic N) is 4. The van der Waals surface area contributed by atoms with Gasteiger partial charge in [0.1, 0.15) is 33.8 Å². The summed E-state index contributed by atoms with van der Waals surface area (Å²) in [6.45, 7) is 8.75. The van der Waals surface area contributed by atoms with Crippen molar-refractivity contribution >= 4 is 56.8 Å². The lowest BCUT2D eigenvalue weighted by atomic mass is 9.92. The number of aromatic nitrogens is 2. The molecule has 0 amide bonds. The van der Waals surface area contributed by atoms with Gasteiger partial charge in [0.25, 0.3) is 0 Å². The third-order valence-corrected chi connectivity index (χ3v) is 13.9. The first-order chi connectivity index (χ1) is 27.6. The van der Waals surface area contributed by atoms with E-state index >= 15 is 8.78 Å². The Morgan fingerprint density at radius 3 is 1.35 bits per heavy atom. The van der Waals surface area contributed by atoms with Gasteiger partial charge in [-0.1, -0.05) is 103 Å². The van der Waals surface area contributed by atoms with Gasteiger partial charge in [0.2, 0.25) is 0 Å². The number of thiophene rings is 2. The van der Waals surface area contributed by atoms with Crippen LogP contribution < -0.4 is 0 Å². The number of rotatable bonds is 20. The molecule has 3 heterocycles. The van der Waals surface area contributed by atoms with E-state index in [0.717, 1.165) is 96.9 Å². The fraction of sp³-hybridized carbons (Fsp3) is 0.409. The number of hydrogen-bond donors (Lipinski definition) is 0. The summed E-state index contributed by atoms with van der Waals surface area (Å²) in [5.41, 5.74) is 1.28. The molecule has 0 N–H and O–H groups in total. The van der Waals surface area contributed by atoms with Crippen LogP contribution in [0.5, 0.6) is 0 Å². The van der Waals surface area contributed by atoms with Crippen molar-refractivity contribution < 1.29 is 18.6 Å². The molecular weight excluding hydrogens is 783 g/mol. The molecule has 6 rings (SSSR count). The Morgan fingerprint density at radius 1 is 0.596 bits per heavy atom. The van der Waals surface area contributed by atoms with Crippen molar-refractivity contribution in [2.45, 2.75) is 105 Å².